The van der Waals surface area contributed by atoms with Crippen molar-refractivity contribution in [1.82, 2.24) is 10.3 Å². The van der Waals surface area contributed by atoms with Crippen molar-refractivity contribution in [3.63, 3.8) is 0 Å². The van der Waals surface area contributed by atoms with E-state index in [9.17, 15) is 4.79 Å². The van der Waals surface area contributed by atoms with Gasteiger partial charge in [0.15, 0.2) is 0 Å². The molecule has 0 bridgehead atoms. The zero-order valence-corrected chi connectivity index (χ0v) is 8.73. The summed E-state index contributed by atoms with van der Waals surface area (Å²) in [6.07, 6.45) is 0.973. The molecule has 2 N–H and O–H groups in total. The van der Waals surface area contributed by atoms with Crippen LogP contribution in [0.1, 0.15) is 17.3 Å². The molecule has 0 fully saturated rings. The predicted octanol–water partition coefficient (Wildman–Crippen LogP) is 0.201. The van der Waals surface area contributed by atoms with Crippen LogP contribution in [0.3, 0.4) is 0 Å². The quantitative estimate of drug-likeness (QED) is 0.744. The standard InChI is InChI=1S/C10H14N2O3/c1-7(13)6-12-9(14)8-4-3-5-11-10(8)15-2/h3-5,7,13H,6H2,1-2H3,(H,12,14)/t7-/m1/s1. The molecule has 0 aliphatic carbocycles. The van der Waals surface area contributed by atoms with Gasteiger partial charge in [0.05, 0.1) is 13.2 Å². The lowest BCUT2D eigenvalue weighted by Gasteiger charge is -2.09. The fourth-order valence-electron chi connectivity index (χ4n) is 1.06. The maximum atomic E-state index is 11.6. The molecule has 1 rings (SSSR count). The molecule has 1 atom stereocenters. The first-order chi connectivity index (χ1) is 7.15. The number of carbonyl (C=O) groups excluding carboxylic acids is 1. The Bertz CT molecular complexity index is 339. The topological polar surface area (TPSA) is 71.5 Å². The van der Waals surface area contributed by atoms with Gasteiger partial charge in [-0.15, -0.1) is 0 Å². The lowest BCUT2D eigenvalue weighted by atomic mass is 10.2. The van der Waals surface area contributed by atoms with Crippen LogP contribution in [0.15, 0.2) is 18.3 Å². The molecule has 5 nitrogen and oxygen atoms in total. The van der Waals surface area contributed by atoms with E-state index >= 15 is 0 Å². The molecule has 0 spiro atoms. The summed E-state index contributed by atoms with van der Waals surface area (Å²) in [5.41, 5.74) is 0.362. The van der Waals surface area contributed by atoms with Gasteiger partial charge in [0.1, 0.15) is 5.56 Å². The molecule has 82 valence electrons. The van der Waals surface area contributed by atoms with Gasteiger partial charge in [-0.25, -0.2) is 4.98 Å². The van der Waals surface area contributed by atoms with Crippen molar-refractivity contribution < 1.29 is 14.6 Å². The molecule has 5 heteroatoms. The van der Waals surface area contributed by atoms with E-state index in [1.165, 1.54) is 7.11 Å². The summed E-state index contributed by atoms with van der Waals surface area (Å²) in [6.45, 7) is 1.80. The van der Waals surface area contributed by atoms with E-state index in [1.807, 2.05) is 0 Å². The van der Waals surface area contributed by atoms with E-state index in [-0.39, 0.29) is 18.3 Å². The highest BCUT2D eigenvalue weighted by atomic mass is 16.5. The first kappa shape index (κ1) is 11.5. The minimum atomic E-state index is -0.573. The van der Waals surface area contributed by atoms with Gasteiger partial charge < -0.3 is 15.2 Å². The van der Waals surface area contributed by atoms with Crippen LogP contribution in [-0.2, 0) is 0 Å². The summed E-state index contributed by atoms with van der Waals surface area (Å²) in [5.74, 6) is -0.0264. The molecule has 1 amide bonds. The predicted molar refractivity (Wildman–Crippen MR) is 54.8 cm³/mol. The Labute approximate surface area is 88.1 Å². The highest BCUT2D eigenvalue weighted by molar-refractivity contribution is 5.96. The van der Waals surface area contributed by atoms with E-state index in [0.717, 1.165) is 0 Å². The Balaban J connectivity index is 2.72. The second-order valence-electron chi connectivity index (χ2n) is 3.12. The summed E-state index contributed by atoms with van der Waals surface area (Å²) in [6, 6.07) is 3.27. The zero-order chi connectivity index (χ0) is 11.3. The van der Waals surface area contributed by atoms with Crippen LogP contribution in [0.5, 0.6) is 5.88 Å². The SMILES string of the molecule is COc1ncccc1C(=O)NC[C@@H](C)O. The van der Waals surface area contributed by atoms with Crippen LogP contribution in [0.2, 0.25) is 0 Å². The third-order valence-corrected chi connectivity index (χ3v) is 1.77. The van der Waals surface area contributed by atoms with Crippen LogP contribution >= 0.6 is 0 Å². The number of hydrogen-bond acceptors (Lipinski definition) is 4. The van der Waals surface area contributed by atoms with Crippen LogP contribution in [0.4, 0.5) is 0 Å². The highest BCUT2D eigenvalue weighted by Gasteiger charge is 2.12. The Hall–Kier alpha value is -1.62. The van der Waals surface area contributed by atoms with Gasteiger partial charge >= 0.3 is 0 Å². The van der Waals surface area contributed by atoms with E-state index in [0.29, 0.717) is 5.56 Å². The van der Waals surface area contributed by atoms with Gasteiger partial charge in [-0.2, -0.15) is 0 Å². The number of aliphatic hydroxyl groups is 1. The Kier molecular flexibility index (Phi) is 4.05. The number of aromatic nitrogens is 1. The molecule has 1 aromatic heterocycles. The van der Waals surface area contributed by atoms with Gasteiger partial charge in [0.2, 0.25) is 5.88 Å². The molecule has 0 saturated heterocycles. The fraction of sp³-hybridized carbons (Fsp3) is 0.400. The Morgan fingerprint density at radius 3 is 3.07 bits per heavy atom. The number of aliphatic hydroxyl groups excluding tert-OH is 1. The van der Waals surface area contributed by atoms with Crippen molar-refractivity contribution in [3.05, 3.63) is 23.9 Å². The number of pyridine rings is 1. The minimum Gasteiger partial charge on any atom is -0.480 e. The summed E-state index contributed by atoms with van der Waals surface area (Å²) in [7, 11) is 1.45. The molecule has 1 heterocycles. The van der Waals surface area contributed by atoms with Crippen LogP contribution < -0.4 is 10.1 Å². The maximum Gasteiger partial charge on any atom is 0.256 e. The molecule has 1 aromatic rings. The zero-order valence-electron chi connectivity index (χ0n) is 8.73. The monoisotopic (exact) mass is 210 g/mol. The molecule has 0 aliphatic heterocycles. The minimum absolute atomic E-state index is 0.205. The summed E-state index contributed by atoms with van der Waals surface area (Å²) in [5, 5.41) is 11.6. The number of rotatable bonds is 4. The van der Waals surface area contributed by atoms with Crippen molar-refractivity contribution >= 4 is 5.91 Å². The number of nitrogens with zero attached hydrogens (tertiary/aromatic N) is 1. The summed E-state index contributed by atoms with van der Waals surface area (Å²) in [4.78, 5) is 15.5. The average Bonchev–Trinajstić information content (AvgIpc) is 2.25. The summed E-state index contributed by atoms with van der Waals surface area (Å²) >= 11 is 0. The van der Waals surface area contributed by atoms with E-state index in [4.69, 9.17) is 9.84 Å². The second-order valence-corrected chi connectivity index (χ2v) is 3.12. The molecule has 0 radical (unpaired) electrons. The third-order valence-electron chi connectivity index (χ3n) is 1.77. The Morgan fingerprint density at radius 2 is 2.47 bits per heavy atom. The first-order valence-electron chi connectivity index (χ1n) is 4.60. The normalized spacial score (nSPS) is 11.9. The van der Waals surface area contributed by atoms with Crippen molar-refractivity contribution in [1.29, 1.82) is 0 Å². The number of ether oxygens (including phenoxy) is 1. The van der Waals surface area contributed by atoms with Crippen molar-refractivity contribution in [3.8, 4) is 5.88 Å². The second kappa shape index (κ2) is 5.31. The molecular weight excluding hydrogens is 196 g/mol. The largest absolute Gasteiger partial charge is 0.480 e. The highest BCUT2D eigenvalue weighted by Crippen LogP contribution is 2.12. The molecule has 0 unspecified atom stereocenters. The van der Waals surface area contributed by atoms with Gasteiger partial charge in [-0.05, 0) is 19.1 Å². The number of methoxy groups -OCH3 is 1. The van der Waals surface area contributed by atoms with Gasteiger partial charge in [0.25, 0.3) is 5.91 Å². The van der Waals surface area contributed by atoms with E-state index in [2.05, 4.69) is 10.3 Å². The third kappa shape index (κ3) is 3.21. The molecule has 0 saturated carbocycles. The lowest BCUT2D eigenvalue weighted by molar-refractivity contribution is 0.0920. The number of hydrogen-bond donors (Lipinski definition) is 2. The first-order valence-corrected chi connectivity index (χ1v) is 4.60. The van der Waals surface area contributed by atoms with Gasteiger partial charge in [-0.1, -0.05) is 0 Å². The van der Waals surface area contributed by atoms with E-state index in [1.54, 1.807) is 25.3 Å². The van der Waals surface area contributed by atoms with Crippen molar-refractivity contribution in [2.24, 2.45) is 0 Å². The van der Waals surface area contributed by atoms with Crippen LogP contribution in [0, 0.1) is 0 Å². The van der Waals surface area contributed by atoms with Gasteiger partial charge in [-0.3, -0.25) is 4.79 Å². The van der Waals surface area contributed by atoms with Crippen molar-refractivity contribution in [2.75, 3.05) is 13.7 Å². The molecule has 0 aliphatic rings. The smallest absolute Gasteiger partial charge is 0.256 e. The van der Waals surface area contributed by atoms with Gasteiger partial charge in [0, 0.05) is 12.7 Å². The molecule has 15 heavy (non-hydrogen) atoms. The number of amides is 1. The summed E-state index contributed by atoms with van der Waals surface area (Å²) < 4.78 is 4.94. The van der Waals surface area contributed by atoms with Crippen LogP contribution in [-0.4, -0.2) is 35.8 Å². The average molecular weight is 210 g/mol. The number of carbonyl (C=O) groups is 1. The van der Waals surface area contributed by atoms with E-state index < -0.39 is 6.10 Å². The molecule has 0 aromatic carbocycles. The fourth-order valence-corrected chi connectivity index (χ4v) is 1.06. The van der Waals surface area contributed by atoms with Crippen molar-refractivity contribution in [2.45, 2.75) is 13.0 Å². The molecular formula is C10H14N2O3. The Morgan fingerprint density at radius 1 is 1.73 bits per heavy atom. The lowest BCUT2D eigenvalue weighted by Crippen LogP contribution is -2.30. The number of nitrogens with one attached hydrogen (secondary N) is 1. The maximum absolute atomic E-state index is 11.6. The van der Waals surface area contributed by atoms with Crippen LogP contribution in [0.25, 0.3) is 0 Å².